The van der Waals surface area contributed by atoms with E-state index in [1.165, 1.54) is 17.1 Å². The van der Waals surface area contributed by atoms with Crippen molar-refractivity contribution in [2.24, 2.45) is 0 Å². The van der Waals surface area contributed by atoms with Crippen LogP contribution in [-0.4, -0.2) is 37.4 Å². The van der Waals surface area contributed by atoms with E-state index in [9.17, 15) is 8.42 Å². The second kappa shape index (κ2) is 7.97. The predicted octanol–water partition coefficient (Wildman–Crippen LogP) is 3.27. The summed E-state index contributed by atoms with van der Waals surface area (Å²) in [6.45, 7) is 0.423. The molecule has 1 aliphatic carbocycles. The van der Waals surface area contributed by atoms with Gasteiger partial charge in [-0.25, -0.2) is 12.7 Å². The first-order valence-electron chi connectivity index (χ1n) is 8.68. The maximum Gasteiger partial charge on any atom is 0.242 e. The van der Waals surface area contributed by atoms with Crippen molar-refractivity contribution in [1.29, 1.82) is 0 Å². The van der Waals surface area contributed by atoms with Crippen molar-refractivity contribution in [3.63, 3.8) is 0 Å². The Bertz CT molecular complexity index is 770. The van der Waals surface area contributed by atoms with E-state index in [0.717, 1.165) is 24.2 Å². The zero-order chi connectivity index (χ0) is 17.7. The average molecular weight is 360 g/mol. The maximum atomic E-state index is 12.7. The Balaban J connectivity index is 1.62. The molecule has 0 bridgehead atoms. The van der Waals surface area contributed by atoms with Gasteiger partial charge in [-0.15, -0.1) is 0 Å². The van der Waals surface area contributed by atoms with E-state index in [1.807, 2.05) is 12.1 Å². The highest BCUT2D eigenvalue weighted by molar-refractivity contribution is 7.89. The van der Waals surface area contributed by atoms with Gasteiger partial charge >= 0.3 is 0 Å². The van der Waals surface area contributed by atoms with Crippen molar-refractivity contribution in [3.05, 3.63) is 54.4 Å². The van der Waals surface area contributed by atoms with Crippen molar-refractivity contribution in [2.45, 2.75) is 43.1 Å². The molecule has 0 aliphatic heterocycles. The Morgan fingerprint density at radius 1 is 1.08 bits per heavy atom. The van der Waals surface area contributed by atoms with Crippen LogP contribution in [-0.2, 0) is 16.4 Å². The molecule has 1 saturated carbocycles. The molecule has 25 heavy (non-hydrogen) atoms. The van der Waals surface area contributed by atoms with Gasteiger partial charge in [-0.05, 0) is 74.1 Å². The number of ether oxygens (including phenoxy) is 1. The zero-order valence-corrected chi connectivity index (χ0v) is 15.3. The summed E-state index contributed by atoms with van der Waals surface area (Å²) in [6, 6.07) is 10.6. The van der Waals surface area contributed by atoms with E-state index >= 15 is 0 Å². The first kappa shape index (κ1) is 17.9. The Hall–Kier alpha value is -1.92. The van der Waals surface area contributed by atoms with Gasteiger partial charge in [0.25, 0.3) is 0 Å². The number of hydrogen-bond donors (Lipinski definition) is 0. The van der Waals surface area contributed by atoms with Crippen LogP contribution < -0.4 is 4.74 Å². The number of likely N-dealkylation sites (N-methyl/N-ethyl adjacent to an activating group) is 1. The molecule has 0 spiro atoms. The van der Waals surface area contributed by atoms with Crippen LogP contribution in [0, 0.1) is 0 Å². The lowest BCUT2D eigenvalue weighted by molar-refractivity contribution is 0.210. The van der Waals surface area contributed by atoms with Crippen molar-refractivity contribution in [3.8, 4) is 5.75 Å². The van der Waals surface area contributed by atoms with Crippen molar-refractivity contribution in [1.82, 2.24) is 9.29 Å². The van der Waals surface area contributed by atoms with Crippen LogP contribution in [0.25, 0.3) is 0 Å². The van der Waals surface area contributed by atoms with Crippen LogP contribution in [0.15, 0.2) is 53.7 Å². The third-order valence-corrected chi connectivity index (χ3v) is 6.47. The monoisotopic (exact) mass is 360 g/mol. The Morgan fingerprint density at radius 3 is 2.36 bits per heavy atom. The minimum atomic E-state index is -3.49. The van der Waals surface area contributed by atoms with E-state index < -0.39 is 10.0 Å². The highest BCUT2D eigenvalue weighted by atomic mass is 32.2. The summed E-state index contributed by atoms with van der Waals surface area (Å²) in [5.41, 5.74) is 1.07. The molecule has 1 aliphatic rings. The summed E-state index contributed by atoms with van der Waals surface area (Å²) in [5, 5.41) is 0. The molecule has 1 aromatic carbocycles. The molecule has 0 atom stereocenters. The van der Waals surface area contributed by atoms with E-state index in [1.54, 1.807) is 43.7 Å². The minimum absolute atomic E-state index is 0.269. The molecule has 2 aromatic rings. The van der Waals surface area contributed by atoms with Gasteiger partial charge in [0.2, 0.25) is 10.0 Å². The molecule has 1 fully saturated rings. The quantitative estimate of drug-likeness (QED) is 0.760. The maximum absolute atomic E-state index is 12.7. The van der Waals surface area contributed by atoms with Gasteiger partial charge in [-0.2, -0.15) is 0 Å². The first-order valence-corrected chi connectivity index (χ1v) is 10.1. The summed E-state index contributed by atoms with van der Waals surface area (Å²) in [5.74, 6) is 0.741. The number of sulfonamides is 1. The lowest BCUT2D eigenvalue weighted by atomic mass is 10.2. The van der Waals surface area contributed by atoms with E-state index in [-0.39, 0.29) is 6.10 Å². The molecule has 0 unspecified atom stereocenters. The van der Waals surface area contributed by atoms with Gasteiger partial charge in [0, 0.05) is 26.0 Å². The normalized spacial score (nSPS) is 15.6. The lowest BCUT2D eigenvalue weighted by Crippen LogP contribution is -2.29. The van der Waals surface area contributed by atoms with Crippen molar-refractivity contribution in [2.75, 3.05) is 13.6 Å². The number of nitrogens with zero attached hydrogens (tertiary/aromatic N) is 2. The standard InChI is InChI=1S/C19H24N2O3S/c1-21(15-12-16-10-13-20-14-11-16)25(22,23)19-8-6-18(7-9-19)24-17-4-2-3-5-17/h6-11,13-14,17H,2-5,12,15H2,1H3. The van der Waals surface area contributed by atoms with Crippen LogP contribution in [0.1, 0.15) is 31.2 Å². The molecule has 0 N–H and O–H groups in total. The summed E-state index contributed by atoms with van der Waals surface area (Å²) < 4.78 is 32.6. The fourth-order valence-electron chi connectivity index (χ4n) is 3.02. The van der Waals surface area contributed by atoms with E-state index in [0.29, 0.717) is 17.9 Å². The van der Waals surface area contributed by atoms with Gasteiger partial charge < -0.3 is 4.74 Å². The van der Waals surface area contributed by atoms with Gasteiger partial charge in [0.05, 0.1) is 11.0 Å². The van der Waals surface area contributed by atoms with E-state index in [2.05, 4.69) is 4.98 Å². The Kier molecular flexibility index (Phi) is 5.71. The van der Waals surface area contributed by atoms with Crippen LogP contribution in [0.3, 0.4) is 0 Å². The van der Waals surface area contributed by atoms with Crippen molar-refractivity contribution >= 4 is 10.0 Å². The van der Waals surface area contributed by atoms with Crippen LogP contribution >= 0.6 is 0 Å². The molecular weight excluding hydrogens is 336 g/mol. The van der Waals surface area contributed by atoms with Crippen molar-refractivity contribution < 1.29 is 13.2 Å². The minimum Gasteiger partial charge on any atom is -0.490 e. The number of aromatic nitrogens is 1. The number of pyridine rings is 1. The van der Waals surface area contributed by atoms with Crippen LogP contribution in [0.4, 0.5) is 0 Å². The topological polar surface area (TPSA) is 59.5 Å². The predicted molar refractivity (Wildman–Crippen MR) is 97.1 cm³/mol. The third kappa shape index (κ3) is 4.58. The number of hydrogen-bond acceptors (Lipinski definition) is 4. The van der Waals surface area contributed by atoms with Gasteiger partial charge in [-0.3, -0.25) is 4.98 Å². The number of rotatable bonds is 7. The highest BCUT2D eigenvalue weighted by Gasteiger charge is 2.21. The van der Waals surface area contributed by atoms with Gasteiger partial charge in [0.15, 0.2) is 0 Å². The lowest BCUT2D eigenvalue weighted by Gasteiger charge is -2.18. The fraction of sp³-hybridized carbons (Fsp3) is 0.421. The molecule has 6 heteroatoms. The molecule has 1 heterocycles. The SMILES string of the molecule is CN(CCc1ccncc1)S(=O)(=O)c1ccc(OC2CCCC2)cc1. The Morgan fingerprint density at radius 2 is 1.72 bits per heavy atom. The number of benzene rings is 1. The second-order valence-electron chi connectivity index (χ2n) is 6.43. The van der Waals surface area contributed by atoms with Gasteiger partial charge in [-0.1, -0.05) is 0 Å². The highest BCUT2D eigenvalue weighted by Crippen LogP contribution is 2.25. The molecule has 3 rings (SSSR count). The molecule has 0 amide bonds. The average Bonchev–Trinajstić information content (AvgIpc) is 3.14. The largest absolute Gasteiger partial charge is 0.490 e. The molecule has 1 aromatic heterocycles. The third-order valence-electron chi connectivity index (χ3n) is 4.60. The molecular formula is C19H24N2O3S. The first-order chi connectivity index (χ1) is 12.1. The summed E-state index contributed by atoms with van der Waals surface area (Å²) >= 11 is 0. The van der Waals surface area contributed by atoms with Gasteiger partial charge in [0.1, 0.15) is 5.75 Å². The molecule has 0 saturated heterocycles. The smallest absolute Gasteiger partial charge is 0.242 e. The summed E-state index contributed by atoms with van der Waals surface area (Å²) in [7, 11) is -1.88. The summed E-state index contributed by atoms with van der Waals surface area (Å²) in [4.78, 5) is 4.26. The van der Waals surface area contributed by atoms with Crippen LogP contribution in [0.2, 0.25) is 0 Å². The molecule has 134 valence electrons. The zero-order valence-electron chi connectivity index (χ0n) is 14.5. The van der Waals surface area contributed by atoms with Crippen LogP contribution in [0.5, 0.6) is 5.75 Å². The fourth-order valence-corrected chi connectivity index (χ4v) is 4.20. The van der Waals surface area contributed by atoms with E-state index in [4.69, 9.17) is 4.74 Å². The molecule has 0 radical (unpaired) electrons. The summed E-state index contributed by atoms with van der Waals surface area (Å²) in [6.07, 6.45) is 8.93. The Labute approximate surface area is 149 Å². The second-order valence-corrected chi connectivity index (χ2v) is 8.47. The molecule has 5 nitrogen and oxygen atoms in total.